The van der Waals surface area contributed by atoms with E-state index in [2.05, 4.69) is 20.4 Å². The third-order valence-corrected chi connectivity index (χ3v) is 12.1. The van der Waals surface area contributed by atoms with Crippen LogP contribution >= 0.6 is 0 Å². The molecule has 6 rings (SSSR count). The van der Waals surface area contributed by atoms with Crippen molar-refractivity contribution in [3.8, 4) is 0 Å². The van der Waals surface area contributed by atoms with Crippen LogP contribution in [0.4, 0.5) is 0 Å². The summed E-state index contributed by atoms with van der Waals surface area (Å²) in [7, 11) is 0. The molecule has 0 heterocycles. The first-order valence-corrected chi connectivity index (χ1v) is 16.2. The molecule has 4 fully saturated rings. The second-order valence-electron chi connectivity index (χ2n) is 14.7. The molecule has 0 aromatic heterocycles. The fraction of sp³-hybridized carbons (Fsp3) is 0.553. The number of aryl methyl sites for hydroxylation is 2. The Bertz CT molecular complexity index is 1460. The van der Waals surface area contributed by atoms with E-state index in [4.69, 9.17) is 14.2 Å². The SMILES string of the molecule is C=C1C[C@]23C[C@H]1CC[C@H]2[C@]1(C)CC[C@@H](OC(=O)c2ccc(C)cc2)[C@](C)(COC(C)=O)[C@H]1C[C@@H]3OC(=O)c1ccc(C)cc1. The predicted molar refractivity (Wildman–Crippen MR) is 168 cm³/mol. The van der Waals surface area contributed by atoms with Crippen LogP contribution in [-0.4, -0.2) is 36.7 Å². The molecule has 8 atom stereocenters. The fourth-order valence-corrected chi connectivity index (χ4v) is 9.84. The van der Waals surface area contributed by atoms with Crippen molar-refractivity contribution in [2.75, 3.05) is 6.61 Å². The summed E-state index contributed by atoms with van der Waals surface area (Å²) >= 11 is 0. The first-order valence-electron chi connectivity index (χ1n) is 16.2. The third kappa shape index (κ3) is 5.08. The molecule has 2 bridgehead atoms. The van der Waals surface area contributed by atoms with Crippen LogP contribution in [0.5, 0.6) is 0 Å². The van der Waals surface area contributed by atoms with Gasteiger partial charge in [0.2, 0.25) is 0 Å². The van der Waals surface area contributed by atoms with Gasteiger partial charge in [-0.1, -0.05) is 61.4 Å². The van der Waals surface area contributed by atoms with E-state index in [1.807, 2.05) is 50.2 Å². The number of ether oxygens (including phenoxy) is 3. The fourth-order valence-electron chi connectivity index (χ4n) is 9.84. The van der Waals surface area contributed by atoms with Crippen molar-refractivity contribution in [3.63, 3.8) is 0 Å². The predicted octanol–water partition coefficient (Wildman–Crippen LogP) is 7.81. The minimum absolute atomic E-state index is 0.00391. The molecule has 234 valence electrons. The van der Waals surface area contributed by atoms with Crippen molar-refractivity contribution in [2.24, 2.45) is 34.0 Å². The molecule has 6 nitrogen and oxygen atoms in total. The zero-order valence-corrected chi connectivity index (χ0v) is 26.8. The Morgan fingerprint density at radius 2 is 1.39 bits per heavy atom. The lowest BCUT2D eigenvalue weighted by molar-refractivity contribution is -0.232. The van der Waals surface area contributed by atoms with Gasteiger partial charge >= 0.3 is 17.9 Å². The van der Waals surface area contributed by atoms with Crippen molar-refractivity contribution in [1.82, 2.24) is 0 Å². The molecule has 6 heteroatoms. The van der Waals surface area contributed by atoms with Gasteiger partial charge in [-0.05, 0) is 106 Å². The highest BCUT2D eigenvalue weighted by atomic mass is 16.6. The largest absolute Gasteiger partial charge is 0.465 e. The molecule has 2 aromatic carbocycles. The Morgan fingerprint density at radius 3 is 1.95 bits per heavy atom. The molecule has 0 aliphatic heterocycles. The molecule has 0 amide bonds. The average Bonchev–Trinajstić information content (AvgIpc) is 3.23. The number of hydrogen-bond acceptors (Lipinski definition) is 6. The van der Waals surface area contributed by atoms with Gasteiger partial charge in [-0.3, -0.25) is 4.79 Å². The highest BCUT2D eigenvalue weighted by Crippen LogP contribution is 2.73. The van der Waals surface area contributed by atoms with Crippen LogP contribution in [0.2, 0.25) is 0 Å². The number of rotatable bonds is 6. The van der Waals surface area contributed by atoms with E-state index in [1.165, 1.54) is 12.5 Å². The van der Waals surface area contributed by atoms with Crippen LogP contribution in [-0.2, 0) is 19.0 Å². The summed E-state index contributed by atoms with van der Waals surface area (Å²) in [5, 5.41) is 0. The quantitative estimate of drug-likeness (QED) is 0.192. The molecule has 44 heavy (non-hydrogen) atoms. The lowest BCUT2D eigenvalue weighted by Crippen LogP contribution is -2.66. The number of carbonyl (C=O) groups excluding carboxylic acids is 3. The summed E-state index contributed by atoms with van der Waals surface area (Å²) in [6, 6.07) is 15.0. The highest BCUT2D eigenvalue weighted by molar-refractivity contribution is 5.90. The third-order valence-electron chi connectivity index (χ3n) is 12.1. The molecule has 4 saturated carbocycles. The van der Waals surface area contributed by atoms with Crippen LogP contribution in [0, 0.1) is 47.8 Å². The molecule has 1 spiro atoms. The highest BCUT2D eigenvalue weighted by Gasteiger charge is 2.70. The molecule has 4 aliphatic carbocycles. The zero-order valence-electron chi connectivity index (χ0n) is 26.8. The maximum absolute atomic E-state index is 13.7. The molecule has 0 saturated heterocycles. The summed E-state index contributed by atoms with van der Waals surface area (Å²) in [6.45, 7) is 14.6. The molecule has 0 radical (unpaired) electrons. The Kier molecular flexibility index (Phi) is 7.78. The first kappa shape index (κ1) is 30.6. The summed E-state index contributed by atoms with van der Waals surface area (Å²) in [6.07, 6.45) is 5.46. The molecule has 4 aliphatic rings. The monoisotopic (exact) mass is 598 g/mol. The standard InChI is InChI=1S/C38H46O6/c1-23-7-11-27(12-8-23)34(40)43-32-17-18-36(5)30-16-15-29-21-38(30,20-25(29)3)33(19-31(36)37(32,6)22-42-26(4)39)44-35(41)28-13-9-24(2)10-14-28/h7-14,29-33H,3,15-22H2,1-2,4-6H3/t29-,30+,31+,32-,33+,36+,37-,38+/m1/s1. The second kappa shape index (κ2) is 11.2. The topological polar surface area (TPSA) is 78.9 Å². The molecule has 0 N–H and O–H groups in total. The van der Waals surface area contributed by atoms with Gasteiger partial charge in [0.25, 0.3) is 0 Å². The van der Waals surface area contributed by atoms with Gasteiger partial charge in [0.15, 0.2) is 0 Å². The van der Waals surface area contributed by atoms with Gasteiger partial charge in [-0.15, -0.1) is 0 Å². The first-order chi connectivity index (χ1) is 20.9. The normalized spacial score (nSPS) is 35.7. The molecule has 2 aromatic rings. The number of carbonyl (C=O) groups is 3. The number of allylic oxidation sites excluding steroid dienone is 1. The number of hydrogen-bond donors (Lipinski definition) is 0. The maximum Gasteiger partial charge on any atom is 0.338 e. The van der Waals surface area contributed by atoms with Gasteiger partial charge in [0.1, 0.15) is 18.8 Å². The summed E-state index contributed by atoms with van der Waals surface area (Å²) in [5.41, 5.74) is 3.57. The molecule has 0 unspecified atom stereocenters. The van der Waals surface area contributed by atoms with Crippen molar-refractivity contribution in [1.29, 1.82) is 0 Å². The summed E-state index contributed by atoms with van der Waals surface area (Å²) in [4.78, 5) is 39.3. The number of fused-ring (bicyclic) bond motifs is 3. The lowest BCUT2D eigenvalue weighted by atomic mass is 9.40. The van der Waals surface area contributed by atoms with Crippen LogP contribution < -0.4 is 0 Å². The maximum atomic E-state index is 13.7. The van der Waals surface area contributed by atoms with Crippen molar-refractivity contribution < 1.29 is 28.6 Å². The van der Waals surface area contributed by atoms with Gasteiger partial charge in [0, 0.05) is 17.8 Å². The van der Waals surface area contributed by atoms with E-state index in [9.17, 15) is 14.4 Å². The van der Waals surface area contributed by atoms with E-state index in [0.717, 1.165) is 43.2 Å². The Labute approximate surface area is 261 Å². The van der Waals surface area contributed by atoms with Crippen LogP contribution in [0.3, 0.4) is 0 Å². The summed E-state index contributed by atoms with van der Waals surface area (Å²) < 4.78 is 18.7. The van der Waals surface area contributed by atoms with E-state index < -0.39 is 11.5 Å². The molecular formula is C38H46O6. The van der Waals surface area contributed by atoms with Gasteiger partial charge in [-0.25, -0.2) is 9.59 Å². The Hall–Kier alpha value is -3.41. The average molecular weight is 599 g/mol. The lowest BCUT2D eigenvalue weighted by Gasteiger charge is -2.66. The second-order valence-corrected chi connectivity index (χ2v) is 14.7. The van der Waals surface area contributed by atoms with Crippen LogP contribution in [0.25, 0.3) is 0 Å². The Balaban J connectivity index is 1.37. The van der Waals surface area contributed by atoms with Gasteiger partial charge < -0.3 is 14.2 Å². The van der Waals surface area contributed by atoms with Crippen molar-refractivity contribution in [3.05, 3.63) is 82.9 Å². The van der Waals surface area contributed by atoms with E-state index in [-0.39, 0.29) is 47.4 Å². The molecular weight excluding hydrogens is 552 g/mol. The number of benzene rings is 2. The van der Waals surface area contributed by atoms with Crippen LogP contribution in [0.15, 0.2) is 60.7 Å². The van der Waals surface area contributed by atoms with Crippen LogP contribution in [0.1, 0.15) is 97.6 Å². The van der Waals surface area contributed by atoms with E-state index in [0.29, 0.717) is 35.8 Å². The van der Waals surface area contributed by atoms with E-state index >= 15 is 0 Å². The van der Waals surface area contributed by atoms with Gasteiger partial charge in [-0.2, -0.15) is 0 Å². The van der Waals surface area contributed by atoms with Gasteiger partial charge in [0.05, 0.1) is 11.1 Å². The minimum Gasteiger partial charge on any atom is -0.465 e. The smallest absolute Gasteiger partial charge is 0.338 e. The number of esters is 3. The van der Waals surface area contributed by atoms with Crippen molar-refractivity contribution in [2.45, 2.75) is 91.8 Å². The minimum atomic E-state index is -0.665. The van der Waals surface area contributed by atoms with E-state index in [1.54, 1.807) is 12.1 Å². The summed E-state index contributed by atoms with van der Waals surface area (Å²) in [5.74, 6) is -0.252. The zero-order chi connectivity index (χ0) is 31.4. The Morgan fingerprint density at radius 1 is 0.818 bits per heavy atom. The van der Waals surface area contributed by atoms with Crippen molar-refractivity contribution >= 4 is 17.9 Å².